The van der Waals surface area contributed by atoms with Crippen molar-refractivity contribution < 1.29 is 14.3 Å². The molecule has 1 rings (SSSR count). The van der Waals surface area contributed by atoms with E-state index in [-0.39, 0.29) is 24.3 Å². The summed E-state index contributed by atoms with van der Waals surface area (Å²) in [5.41, 5.74) is 0.612. The van der Waals surface area contributed by atoms with Crippen LogP contribution in [-0.2, 0) is 9.59 Å². The van der Waals surface area contributed by atoms with Crippen LogP contribution in [0.4, 0.5) is 5.69 Å². The van der Waals surface area contributed by atoms with Gasteiger partial charge in [0.1, 0.15) is 5.75 Å². The van der Waals surface area contributed by atoms with E-state index in [4.69, 9.17) is 4.74 Å². The Labute approximate surface area is 126 Å². The molecule has 116 valence electrons. The summed E-state index contributed by atoms with van der Waals surface area (Å²) in [5, 5.41) is 5.41. The first kappa shape index (κ1) is 17.0. The summed E-state index contributed by atoms with van der Waals surface area (Å²) >= 11 is 0. The monoisotopic (exact) mass is 292 g/mol. The van der Waals surface area contributed by atoms with Crippen molar-refractivity contribution in [3.05, 3.63) is 24.3 Å². The normalized spacial score (nSPS) is 10.3. The molecule has 2 N–H and O–H groups in total. The van der Waals surface area contributed by atoms with E-state index < -0.39 is 0 Å². The molecular weight excluding hydrogens is 268 g/mol. The van der Waals surface area contributed by atoms with Crippen LogP contribution in [0, 0.1) is 5.92 Å². The SMILES string of the molecule is CCOc1ccccc1NC(=O)CNC(=O)C(CC)CC. The predicted octanol–water partition coefficient (Wildman–Crippen LogP) is 2.58. The van der Waals surface area contributed by atoms with Crippen LogP contribution < -0.4 is 15.4 Å². The van der Waals surface area contributed by atoms with Gasteiger partial charge in [-0.2, -0.15) is 0 Å². The molecule has 0 unspecified atom stereocenters. The number of para-hydroxylation sites is 2. The van der Waals surface area contributed by atoms with Crippen LogP contribution in [0.15, 0.2) is 24.3 Å². The molecule has 1 aromatic carbocycles. The maximum atomic E-state index is 11.9. The minimum atomic E-state index is -0.263. The lowest BCUT2D eigenvalue weighted by atomic mass is 10.0. The molecule has 0 atom stereocenters. The van der Waals surface area contributed by atoms with Gasteiger partial charge in [0.2, 0.25) is 11.8 Å². The largest absolute Gasteiger partial charge is 0.492 e. The van der Waals surface area contributed by atoms with Crippen molar-refractivity contribution in [1.82, 2.24) is 5.32 Å². The van der Waals surface area contributed by atoms with Gasteiger partial charge >= 0.3 is 0 Å². The molecule has 0 aliphatic rings. The van der Waals surface area contributed by atoms with Crippen LogP contribution in [0.2, 0.25) is 0 Å². The summed E-state index contributed by atoms with van der Waals surface area (Å²) in [6.07, 6.45) is 1.55. The third-order valence-electron chi connectivity index (χ3n) is 3.24. The highest BCUT2D eigenvalue weighted by atomic mass is 16.5. The van der Waals surface area contributed by atoms with Crippen LogP contribution in [0.5, 0.6) is 5.75 Å². The molecule has 21 heavy (non-hydrogen) atoms. The molecule has 0 radical (unpaired) electrons. The third-order valence-corrected chi connectivity index (χ3v) is 3.24. The number of hydrogen-bond donors (Lipinski definition) is 2. The first-order chi connectivity index (χ1) is 10.1. The Kier molecular flexibility index (Phi) is 7.29. The van der Waals surface area contributed by atoms with Crippen LogP contribution in [0.25, 0.3) is 0 Å². The van der Waals surface area contributed by atoms with Crippen molar-refractivity contribution in [2.24, 2.45) is 5.92 Å². The Morgan fingerprint density at radius 1 is 1.14 bits per heavy atom. The second-order valence-corrected chi connectivity index (χ2v) is 4.71. The quantitative estimate of drug-likeness (QED) is 0.774. The molecule has 0 spiro atoms. The van der Waals surface area contributed by atoms with E-state index in [1.807, 2.05) is 32.9 Å². The van der Waals surface area contributed by atoms with Crippen molar-refractivity contribution in [3.63, 3.8) is 0 Å². The molecule has 5 nitrogen and oxygen atoms in total. The summed E-state index contributed by atoms with van der Waals surface area (Å²) in [5.74, 6) is 0.253. The first-order valence-corrected chi connectivity index (χ1v) is 7.41. The number of benzene rings is 1. The molecule has 0 heterocycles. The zero-order valence-electron chi connectivity index (χ0n) is 12.9. The van der Waals surface area contributed by atoms with E-state index in [9.17, 15) is 9.59 Å². The Morgan fingerprint density at radius 3 is 2.43 bits per heavy atom. The number of carbonyl (C=O) groups excluding carboxylic acids is 2. The fraction of sp³-hybridized carbons (Fsp3) is 0.500. The summed E-state index contributed by atoms with van der Waals surface area (Å²) in [4.78, 5) is 23.7. The molecule has 0 aromatic heterocycles. The number of anilines is 1. The van der Waals surface area contributed by atoms with Gasteiger partial charge in [0.05, 0.1) is 18.8 Å². The number of ether oxygens (including phenoxy) is 1. The highest BCUT2D eigenvalue weighted by Crippen LogP contribution is 2.23. The van der Waals surface area contributed by atoms with E-state index >= 15 is 0 Å². The maximum Gasteiger partial charge on any atom is 0.243 e. The topological polar surface area (TPSA) is 67.4 Å². The Morgan fingerprint density at radius 2 is 1.81 bits per heavy atom. The zero-order valence-corrected chi connectivity index (χ0v) is 12.9. The maximum absolute atomic E-state index is 11.9. The van der Waals surface area contributed by atoms with Gasteiger partial charge in [0, 0.05) is 5.92 Å². The van der Waals surface area contributed by atoms with Crippen LogP contribution >= 0.6 is 0 Å². The van der Waals surface area contributed by atoms with E-state index in [1.165, 1.54) is 0 Å². The van der Waals surface area contributed by atoms with Gasteiger partial charge in [-0.25, -0.2) is 0 Å². The van der Waals surface area contributed by atoms with Gasteiger partial charge < -0.3 is 15.4 Å². The standard InChI is InChI=1S/C16H24N2O3/c1-4-12(5-2)16(20)17-11-15(19)18-13-9-7-8-10-14(13)21-6-3/h7-10,12H,4-6,11H2,1-3H3,(H,17,20)(H,18,19). The lowest BCUT2D eigenvalue weighted by molar-refractivity contribution is -0.127. The van der Waals surface area contributed by atoms with Crippen LogP contribution in [0.1, 0.15) is 33.6 Å². The smallest absolute Gasteiger partial charge is 0.243 e. The van der Waals surface area contributed by atoms with E-state index in [0.29, 0.717) is 18.0 Å². The molecular formula is C16H24N2O3. The van der Waals surface area contributed by atoms with Gasteiger partial charge in [0.25, 0.3) is 0 Å². The van der Waals surface area contributed by atoms with E-state index in [1.54, 1.807) is 12.1 Å². The Hall–Kier alpha value is -2.04. The fourth-order valence-corrected chi connectivity index (χ4v) is 2.02. The average Bonchev–Trinajstić information content (AvgIpc) is 2.49. The van der Waals surface area contributed by atoms with Crippen molar-refractivity contribution in [2.75, 3.05) is 18.5 Å². The van der Waals surface area contributed by atoms with Crippen molar-refractivity contribution in [2.45, 2.75) is 33.6 Å². The number of carbonyl (C=O) groups is 2. The summed E-state index contributed by atoms with van der Waals surface area (Å²) in [7, 11) is 0. The minimum absolute atomic E-state index is 0.0320. The second-order valence-electron chi connectivity index (χ2n) is 4.71. The number of amides is 2. The van der Waals surface area contributed by atoms with Gasteiger partial charge in [0.15, 0.2) is 0 Å². The number of nitrogens with one attached hydrogen (secondary N) is 2. The fourth-order valence-electron chi connectivity index (χ4n) is 2.02. The highest BCUT2D eigenvalue weighted by Gasteiger charge is 2.15. The average molecular weight is 292 g/mol. The summed E-state index contributed by atoms with van der Waals surface area (Å²) in [6.45, 7) is 6.31. The second kappa shape index (κ2) is 9.00. The minimum Gasteiger partial charge on any atom is -0.492 e. The number of rotatable bonds is 8. The summed E-state index contributed by atoms with van der Waals surface area (Å²) < 4.78 is 5.43. The molecule has 0 saturated carbocycles. The molecule has 5 heteroatoms. The third kappa shape index (κ3) is 5.45. The summed E-state index contributed by atoms with van der Waals surface area (Å²) in [6, 6.07) is 7.23. The highest BCUT2D eigenvalue weighted by molar-refractivity contribution is 5.95. The molecule has 0 aliphatic heterocycles. The lowest BCUT2D eigenvalue weighted by Crippen LogP contribution is -2.36. The molecule has 0 saturated heterocycles. The Bertz CT molecular complexity index is 470. The van der Waals surface area contributed by atoms with Crippen molar-refractivity contribution >= 4 is 17.5 Å². The molecule has 0 bridgehead atoms. The Balaban J connectivity index is 2.53. The lowest BCUT2D eigenvalue weighted by Gasteiger charge is -2.14. The molecule has 2 amide bonds. The molecule has 0 fully saturated rings. The first-order valence-electron chi connectivity index (χ1n) is 7.41. The van der Waals surface area contributed by atoms with Crippen LogP contribution in [0.3, 0.4) is 0 Å². The van der Waals surface area contributed by atoms with Crippen molar-refractivity contribution in [1.29, 1.82) is 0 Å². The molecule has 0 aliphatic carbocycles. The van der Waals surface area contributed by atoms with E-state index in [0.717, 1.165) is 12.8 Å². The van der Waals surface area contributed by atoms with Crippen LogP contribution in [-0.4, -0.2) is 25.0 Å². The van der Waals surface area contributed by atoms with Gasteiger partial charge in [-0.05, 0) is 31.9 Å². The van der Waals surface area contributed by atoms with Gasteiger partial charge in [-0.1, -0.05) is 26.0 Å². The predicted molar refractivity (Wildman–Crippen MR) is 83.3 cm³/mol. The van der Waals surface area contributed by atoms with Gasteiger partial charge in [-0.3, -0.25) is 9.59 Å². The van der Waals surface area contributed by atoms with Crippen molar-refractivity contribution in [3.8, 4) is 5.75 Å². The molecule has 1 aromatic rings. The zero-order chi connectivity index (χ0) is 15.7. The van der Waals surface area contributed by atoms with Gasteiger partial charge in [-0.15, -0.1) is 0 Å². The number of hydrogen-bond acceptors (Lipinski definition) is 3. The van der Waals surface area contributed by atoms with E-state index in [2.05, 4.69) is 10.6 Å².